The average Bonchev–Trinajstić information content (AvgIpc) is 2.79. The summed E-state index contributed by atoms with van der Waals surface area (Å²) < 4.78 is 45.5. The molecule has 1 fully saturated rings. The van der Waals surface area contributed by atoms with Gasteiger partial charge >= 0.3 is 7.12 Å². The van der Waals surface area contributed by atoms with Crippen molar-refractivity contribution in [2.75, 3.05) is 7.11 Å². The summed E-state index contributed by atoms with van der Waals surface area (Å²) in [6.45, 7) is 7.80. The number of benzene rings is 2. The maximum absolute atomic E-state index is 15.0. The van der Waals surface area contributed by atoms with Gasteiger partial charge in [-0.3, -0.25) is 0 Å². The molecule has 0 amide bonds. The molecule has 138 valence electrons. The van der Waals surface area contributed by atoms with Gasteiger partial charge in [0, 0.05) is 6.42 Å². The van der Waals surface area contributed by atoms with Crippen molar-refractivity contribution in [3.05, 3.63) is 59.2 Å². The Morgan fingerprint density at radius 3 is 2.04 bits per heavy atom. The van der Waals surface area contributed by atoms with Crippen LogP contribution < -0.4 is 10.2 Å². The fourth-order valence-electron chi connectivity index (χ4n) is 2.95. The summed E-state index contributed by atoms with van der Waals surface area (Å²) >= 11 is 0. The Bertz CT molecular complexity index is 787. The van der Waals surface area contributed by atoms with Gasteiger partial charge in [-0.2, -0.15) is 0 Å². The molecule has 0 atom stereocenters. The van der Waals surface area contributed by atoms with E-state index in [1.165, 1.54) is 19.2 Å². The molecule has 1 aliphatic heterocycles. The van der Waals surface area contributed by atoms with Crippen molar-refractivity contribution >= 4 is 12.6 Å². The minimum atomic E-state index is -0.684. The number of hydrogen-bond donors (Lipinski definition) is 0. The monoisotopic (exact) mass is 360 g/mol. The van der Waals surface area contributed by atoms with Crippen LogP contribution in [0, 0.1) is 11.6 Å². The van der Waals surface area contributed by atoms with E-state index in [0.717, 1.165) is 5.56 Å². The van der Waals surface area contributed by atoms with Crippen molar-refractivity contribution in [1.29, 1.82) is 0 Å². The third-order valence-electron chi connectivity index (χ3n) is 5.27. The first kappa shape index (κ1) is 18.9. The van der Waals surface area contributed by atoms with Crippen molar-refractivity contribution in [3.8, 4) is 5.75 Å². The third-order valence-corrected chi connectivity index (χ3v) is 5.27. The van der Waals surface area contributed by atoms with Gasteiger partial charge in [0.1, 0.15) is 5.82 Å². The van der Waals surface area contributed by atoms with Gasteiger partial charge in [-0.1, -0.05) is 18.2 Å². The van der Waals surface area contributed by atoms with Gasteiger partial charge < -0.3 is 14.0 Å². The SMILES string of the molecule is COc1ccc(B2OC(C)(C)C(C)(C)O2)c(Cc2ccc(F)cc2)c1F. The van der Waals surface area contributed by atoms with E-state index in [0.29, 0.717) is 11.0 Å². The van der Waals surface area contributed by atoms with Crippen LogP contribution in [0.3, 0.4) is 0 Å². The van der Waals surface area contributed by atoms with Crippen LogP contribution in [0.25, 0.3) is 0 Å². The molecule has 3 nitrogen and oxygen atoms in total. The summed E-state index contributed by atoms with van der Waals surface area (Å²) in [5, 5.41) is 0. The number of hydrogen-bond acceptors (Lipinski definition) is 3. The van der Waals surface area contributed by atoms with Crippen LogP contribution in [0.2, 0.25) is 0 Å². The van der Waals surface area contributed by atoms with Gasteiger partial charge in [-0.15, -0.1) is 0 Å². The lowest BCUT2D eigenvalue weighted by molar-refractivity contribution is 0.00578. The zero-order valence-electron chi connectivity index (χ0n) is 15.7. The van der Waals surface area contributed by atoms with E-state index in [1.807, 2.05) is 27.7 Å². The Kier molecular flexibility index (Phi) is 4.84. The summed E-state index contributed by atoms with van der Waals surface area (Å²) in [5.74, 6) is -0.627. The van der Waals surface area contributed by atoms with Crippen LogP contribution in [0.5, 0.6) is 5.75 Å². The van der Waals surface area contributed by atoms with E-state index in [4.69, 9.17) is 14.0 Å². The van der Waals surface area contributed by atoms with E-state index >= 15 is 4.39 Å². The molecule has 2 aromatic carbocycles. The molecule has 3 rings (SSSR count). The maximum Gasteiger partial charge on any atom is 0.495 e. The van der Waals surface area contributed by atoms with E-state index in [9.17, 15) is 4.39 Å². The molecule has 1 saturated heterocycles. The van der Waals surface area contributed by atoms with Crippen LogP contribution >= 0.6 is 0 Å². The number of rotatable bonds is 4. The molecule has 0 aliphatic carbocycles. The molecule has 0 spiro atoms. The summed E-state index contributed by atoms with van der Waals surface area (Å²) in [5.41, 5.74) is 0.777. The Labute approximate surface area is 153 Å². The zero-order valence-corrected chi connectivity index (χ0v) is 15.7. The molecule has 0 unspecified atom stereocenters. The fourth-order valence-corrected chi connectivity index (χ4v) is 2.95. The molecule has 1 aliphatic rings. The van der Waals surface area contributed by atoms with E-state index in [-0.39, 0.29) is 18.0 Å². The minimum Gasteiger partial charge on any atom is -0.494 e. The summed E-state index contributed by atoms with van der Waals surface area (Å²) in [7, 11) is 0.741. The number of methoxy groups -OCH3 is 1. The molecule has 0 aromatic heterocycles. The lowest BCUT2D eigenvalue weighted by Crippen LogP contribution is -2.41. The smallest absolute Gasteiger partial charge is 0.494 e. The molecule has 0 radical (unpaired) electrons. The van der Waals surface area contributed by atoms with Crippen LogP contribution in [-0.2, 0) is 15.7 Å². The van der Waals surface area contributed by atoms with Crippen LogP contribution in [0.1, 0.15) is 38.8 Å². The molecule has 1 heterocycles. The first-order valence-electron chi connectivity index (χ1n) is 8.60. The highest BCUT2D eigenvalue weighted by Gasteiger charge is 2.52. The zero-order chi connectivity index (χ0) is 19.1. The van der Waals surface area contributed by atoms with Crippen LogP contribution in [-0.4, -0.2) is 25.4 Å². The quantitative estimate of drug-likeness (QED) is 0.775. The third kappa shape index (κ3) is 3.36. The molecular weight excluding hydrogens is 337 g/mol. The van der Waals surface area contributed by atoms with Crippen molar-refractivity contribution in [3.63, 3.8) is 0 Å². The normalized spacial score (nSPS) is 18.2. The topological polar surface area (TPSA) is 27.7 Å². The van der Waals surface area contributed by atoms with Gasteiger partial charge in [0.25, 0.3) is 0 Å². The molecular formula is C20H23BF2O3. The van der Waals surface area contributed by atoms with E-state index in [1.54, 1.807) is 24.3 Å². The Morgan fingerprint density at radius 2 is 1.50 bits per heavy atom. The largest absolute Gasteiger partial charge is 0.495 e. The second kappa shape index (κ2) is 6.67. The van der Waals surface area contributed by atoms with Gasteiger partial charge in [0.05, 0.1) is 18.3 Å². The highest BCUT2D eigenvalue weighted by Crippen LogP contribution is 2.37. The van der Waals surface area contributed by atoms with Gasteiger partial charge in [-0.05, 0) is 62.5 Å². The molecule has 0 bridgehead atoms. The highest BCUT2D eigenvalue weighted by molar-refractivity contribution is 6.62. The second-order valence-corrected chi connectivity index (χ2v) is 7.54. The fraction of sp³-hybridized carbons (Fsp3) is 0.400. The van der Waals surface area contributed by atoms with Crippen molar-refractivity contribution < 1.29 is 22.8 Å². The van der Waals surface area contributed by atoms with Crippen LogP contribution in [0.4, 0.5) is 8.78 Å². The maximum atomic E-state index is 15.0. The summed E-state index contributed by atoms with van der Waals surface area (Å²) in [6.07, 6.45) is 0.280. The molecule has 26 heavy (non-hydrogen) atoms. The van der Waals surface area contributed by atoms with E-state index < -0.39 is 24.1 Å². The van der Waals surface area contributed by atoms with Crippen molar-refractivity contribution in [1.82, 2.24) is 0 Å². The average molecular weight is 360 g/mol. The van der Waals surface area contributed by atoms with Gasteiger partial charge in [0.2, 0.25) is 0 Å². The summed E-state index contributed by atoms with van der Waals surface area (Å²) in [4.78, 5) is 0. The minimum absolute atomic E-state index is 0.155. The number of ether oxygens (including phenoxy) is 1. The van der Waals surface area contributed by atoms with Gasteiger partial charge in [0.15, 0.2) is 11.6 Å². The molecule has 0 N–H and O–H groups in total. The Balaban J connectivity index is 2.03. The lowest BCUT2D eigenvalue weighted by Gasteiger charge is -2.32. The highest BCUT2D eigenvalue weighted by atomic mass is 19.1. The summed E-state index contributed by atoms with van der Waals surface area (Å²) in [6, 6.07) is 9.35. The molecule has 2 aromatic rings. The first-order valence-corrected chi connectivity index (χ1v) is 8.60. The van der Waals surface area contributed by atoms with E-state index in [2.05, 4.69) is 0 Å². The first-order chi connectivity index (χ1) is 12.1. The second-order valence-electron chi connectivity index (χ2n) is 7.54. The predicted molar refractivity (Wildman–Crippen MR) is 97.9 cm³/mol. The standard InChI is InChI=1S/C20H23BF2O3/c1-19(2)20(3,4)26-21(25-19)16-10-11-17(24-5)18(23)15(16)12-13-6-8-14(22)9-7-13/h6-11H,12H2,1-5H3. The Morgan fingerprint density at radius 1 is 0.923 bits per heavy atom. The molecule has 0 saturated carbocycles. The lowest BCUT2D eigenvalue weighted by atomic mass is 9.74. The van der Waals surface area contributed by atoms with Gasteiger partial charge in [-0.25, -0.2) is 8.78 Å². The van der Waals surface area contributed by atoms with Crippen molar-refractivity contribution in [2.45, 2.75) is 45.3 Å². The van der Waals surface area contributed by atoms with Crippen LogP contribution in [0.15, 0.2) is 36.4 Å². The Hall–Kier alpha value is -1.92. The number of halogens is 2. The van der Waals surface area contributed by atoms with Crippen molar-refractivity contribution in [2.24, 2.45) is 0 Å². The molecule has 6 heteroatoms. The predicted octanol–water partition coefficient (Wildman–Crippen LogP) is 3.86.